The summed E-state index contributed by atoms with van der Waals surface area (Å²) >= 11 is 0. The number of pyridine rings is 4. The molecule has 9 aromatic carbocycles. The molecule has 0 amide bonds. The number of para-hydroxylation sites is 12. The number of aromatic nitrogens is 15. The average Bonchev–Trinajstić information content (AvgIpc) is 1.45. The van der Waals surface area contributed by atoms with E-state index in [2.05, 4.69) is 373 Å². The van der Waals surface area contributed by atoms with Gasteiger partial charge < -0.3 is 0 Å². The minimum Gasteiger partial charge on any atom is -0.283 e. The second-order valence-corrected chi connectivity index (χ2v) is 27.8. The van der Waals surface area contributed by atoms with Crippen LogP contribution in [-0.2, 0) is 28.2 Å². The Bertz CT molecular complexity index is 6840. The lowest BCUT2D eigenvalue weighted by atomic mass is 10.1. The summed E-state index contributed by atoms with van der Waals surface area (Å²) in [5.41, 5.74) is 26.3. The Labute approximate surface area is 619 Å². The van der Waals surface area contributed by atoms with Crippen molar-refractivity contribution < 1.29 is 18.3 Å². The van der Waals surface area contributed by atoms with Crippen LogP contribution in [0, 0.1) is 48.5 Å². The van der Waals surface area contributed by atoms with Gasteiger partial charge in [0, 0.05) is 34.8 Å². The zero-order valence-electron chi connectivity index (χ0n) is 62.1. The molecule has 21 aromatic rings. The van der Waals surface area contributed by atoms with Crippen LogP contribution in [0.5, 0.6) is 0 Å². The van der Waals surface area contributed by atoms with Crippen molar-refractivity contribution in [3.63, 3.8) is 0 Å². The Morgan fingerprint density at radius 1 is 0.262 bits per heavy atom. The van der Waals surface area contributed by atoms with E-state index in [9.17, 15) is 0 Å². The van der Waals surface area contributed by atoms with Gasteiger partial charge in [-0.05, 0) is 192 Å². The number of rotatable bonds is 5. The van der Waals surface area contributed by atoms with Crippen LogP contribution in [0.4, 0.5) is 0 Å². The fourth-order valence-electron chi connectivity index (χ4n) is 15.7. The molecule has 0 aliphatic carbocycles. The van der Waals surface area contributed by atoms with Crippen LogP contribution in [0.25, 0.3) is 134 Å². The highest BCUT2D eigenvalue weighted by molar-refractivity contribution is 6.09. The van der Waals surface area contributed by atoms with Gasteiger partial charge in [-0.25, -0.2) is 23.3 Å². The third kappa shape index (κ3) is 11.4. The molecule has 0 fully saturated rings. The second-order valence-electron chi connectivity index (χ2n) is 27.8. The van der Waals surface area contributed by atoms with Crippen molar-refractivity contribution in [1.29, 1.82) is 0 Å². The number of hydrogen-bond donors (Lipinski definition) is 0. The monoisotopic (exact) mass is 1400 g/mol. The van der Waals surface area contributed by atoms with Crippen molar-refractivity contribution in [2.45, 2.75) is 48.5 Å². The summed E-state index contributed by atoms with van der Waals surface area (Å²) in [5, 5.41) is 5.24. The van der Waals surface area contributed by atoms with Crippen LogP contribution in [0.3, 0.4) is 0 Å². The molecule has 0 atom stereocenters. The van der Waals surface area contributed by atoms with Crippen molar-refractivity contribution in [3.05, 3.63) is 343 Å². The topological polar surface area (TPSA) is 92.1 Å². The number of fused-ring (bicyclic) bond motifs is 17. The van der Waals surface area contributed by atoms with E-state index in [0.29, 0.717) is 0 Å². The average molecular weight is 1400 g/mol. The minimum atomic E-state index is 0.947. The third-order valence-electron chi connectivity index (χ3n) is 20.8. The van der Waals surface area contributed by atoms with E-state index < -0.39 is 0 Å². The largest absolute Gasteiger partial charge is 0.312 e. The van der Waals surface area contributed by atoms with Crippen molar-refractivity contribution in [1.82, 2.24) is 51.0 Å². The van der Waals surface area contributed by atoms with Gasteiger partial charge in [-0.3, -0.25) is 17.8 Å². The Hall–Kier alpha value is -13.5. The lowest BCUT2D eigenvalue weighted by Gasteiger charge is -2.08. The quantitative estimate of drug-likeness (QED) is 0.161. The van der Waals surface area contributed by atoms with E-state index in [1.165, 1.54) is 111 Å². The van der Waals surface area contributed by atoms with E-state index in [0.717, 1.165) is 62.1 Å². The molecule has 0 aliphatic heterocycles. The molecule has 0 aliphatic rings. The van der Waals surface area contributed by atoms with Gasteiger partial charge in [0.2, 0.25) is 5.78 Å². The molecule has 522 valence electrons. The first kappa shape index (κ1) is 66.7. The standard InChI is InChI=1S/C20H17N4.C20H19N2.C19H17N2.C17H15N3.C16H15N4/c1-14-8-7-11-17-19(14)24(18-12-5-6-13-22(18)2)20-21-15-9-3-4-10-16(15)23(17)20;1-14-8-4-6-10-17(14)22-18-11-7-5-9-16(18)19-15(2)12-13-21(3)20(19)22;1-14-8-3-5-11-17(14)21-18-12-6-4-9-15(18)16-10-7-13-20(2)19(16)21;1-12-7-3-5-9-15(12)20-13(2)11-19-16-10-6-4-8-14(16)18-17(19)20;1-12-11-19-14-8-4-3-7-13(14)17-16(19)20(12)15-9-5-6-10-18(15)2/h3-13H,1-2H3;4-13H,1-3H3;3-13H,1-2H3;2*3-11H,1-2H3/q3*+1;;+1. The molecular formula is C92H83N15+4. The molecule has 15 nitrogen and oxygen atoms in total. The predicted octanol–water partition coefficient (Wildman–Crippen LogP) is 18.0. The molecule has 0 N–H and O–H groups in total. The van der Waals surface area contributed by atoms with Crippen LogP contribution in [0.15, 0.2) is 304 Å². The first-order valence-corrected chi connectivity index (χ1v) is 36.3. The smallest absolute Gasteiger partial charge is 0.283 e. The maximum atomic E-state index is 4.92. The molecule has 0 saturated carbocycles. The highest BCUT2D eigenvalue weighted by Gasteiger charge is 2.28. The van der Waals surface area contributed by atoms with Crippen LogP contribution < -0.4 is 18.3 Å². The Balaban J connectivity index is 0.0000000984. The first-order valence-electron chi connectivity index (χ1n) is 36.3. The van der Waals surface area contributed by atoms with Crippen molar-refractivity contribution in [3.8, 4) is 28.7 Å². The van der Waals surface area contributed by atoms with Gasteiger partial charge in [-0.2, -0.15) is 28.2 Å². The number of benzene rings is 9. The number of imidazole rings is 6. The fraction of sp³-hybridized carbons (Fsp3) is 0.120. The van der Waals surface area contributed by atoms with Gasteiger partial charge >= 0.3 is 11.6 Å². The summed E-state index contributed by atoms with van der Waals surface area (Å²) in [6.45, 7) is 15.0. The van der Waals surface area contributed by atoms with E-state index in [4.69, 9.17) is 15.0 Å². The summed E-state index contributed by atoms with van der Waals surface area (Å²) in [6, 6.07) is 92.9. The van der Waals surface area contributed by atoms with Gasteiger partial charge in [0.15, 0.2) is 5.52 Å². The summed E-state index contributed by atoms with van der Waals surface area (Å²) in [4.78, 5) is 14.5. The van der Waals surface area contributed by atoms with Gasteiger partial charge in [-0.1, -0.05) is 140 Å². The third-order valence-corrected chi connectivity index (χ3v) is 20.8. The first-order chi connectivity index (χ1) is 52.2. The lowest BCUT2D eigenvalue weighted by molar-refractivity contribution is -0.665. The van der Waals surface area contributed by atoms with Crippen LogP contribution >= 0.6 is 0 Å². The molecule has 0 saturated heterocycles. The van der Waals surface area contributed by atoms with E-state index in [-0.39, 0.29) is 0 Å². The van der Waals surface area contributed by atoms with E-state index in [1.807, 2.05) is 61.8 Å². The van der Waals surface area contributed by atoms with Crippen LogP contribution in [0.2, 0.25) is 0 Å². The van der Waals surface area contributed by atoms with Gasteiger partial charge in [-0.15, -0.1) is 0 Å². The summed E-state index contributed by atoms with van der Waals surface area (Å²) in [6.07, 6.45) is 12.7. The van der Waals surface area contributed by atoms with Gasteiger partial charge in [0.05, 0.1) is 114 Å². The van der Waals surface area contributed by atoms with Gasteiger partial charge in [0.25, 0.3) is 22.9 Å². The molecule has 0 radical (unpaired) electrons. The molecule has 107 heavy (non-hydrogen) atoms. The van der Waals surface area contributed by atoms with Crippen molar-refractivity contribution in [2.24, 2.45) is 28.2 Å². The highest BCUT2D eigenvalue weighted by Crippen LogP contribution is 2.36. The fourth-order valence-corrected chi connectivity index (χ4v) is 15.7. The maximum Gasteiger partial charge on any atom is 0.312 e. The molecule has 0 spiro atoms. The molecule has 15 heteroatoms. The van der Waals surface area contributed by atoms with Crippen molar-refractivity contribution >= 4 is 105 Å². The van der Waals surface area contributed by atoms with Crippen LogP contribution in [-0.4, -0.2) is 51.0 Å². The van der Waals surface area contributed by atoms with Crippen LogP contribution in [0.1, 0.15) is 39.2 Å². The predicted molar refractivity (Wildman–Crippen MR) is 433 cm³/mol. The lowest BCUT2D eigenvalue weighted by Crippen LogP contribution is -2.33. The molecule has 0 bridgehead atoms. The normalized spacial score (nSPS) is 11.5. The van der Waals surface area contributed by atoms with E-state index >= 15 is 0 Å². The number of hydrogen-bond acceptors (Lipinski definition) is 3. The molecule has 0 unspecified atom stereocenters. The molecule has 21 rings (SSSR count). The highest BCUT2D eigenvalue weighted by atomic mass is 15.3. The second kappa shape index (κ2) is 27.3. The molecule has 12 heterocycles. The Kier molecular flexibility index (Phi) is 17.0. The summed E-state index contributed by atoms with van der Waals surface area (Å²) in [7, 11) is 8.35. The SMILES string of the molecule is Cc1cccc2c1n(-c1cccc[n+]1C)c1nc3ccccc3n21.Cc1ccccc1-n1c(C)cn2c3ccccc3nc12.Cc1ccccc1-n1c2ccccc2c2c(C)cc[n+](C)c21.Cc1ccccc1-n1c2ccccc2c2ccc[n+](C)c21.Cc1cn2c3ccccc3nc2n1-c1cccc[n+]1C. The van der Waals surface area contributed by atoms with Gasteiger partial charge in [0.1, 0.15) is 28.1 Å². The number of aryl methyl sites for hydroxylation is 11. The zero-order chi connectivity index (χ0) is 73.3. The van der Waals surface area contributed by atoms with Crippen molar-refractivity contribution in [2.75, 3.05) is 0 Å². The Morgan fingerprint density at radius 2 is 0.664 bits per heavy atom. The summed E-state index contributed by atoms with van der Waals surface area (Å²) < 4.78 is 26.6. The zero-order valence-corrected chi connectivity index (χ0v) is 62.1. The molecule has 12 aromatic heterocycles. The maximum absolute atomic E-state index is 4.92. The Morgan fingerprint density at radius 3 is 1.24 bits per heavy atom. The summed E-state index contributed by atoms with van der Waals surface area (Å²) in [5.74, 6) is 5.07. The molecular weight excluding hydrogens is 1320 g/mol. The number of nitrogens with zero attached hydrogens (tertiary/aromatic N) is 15. The van der Waals surface area contributed by atoms with E-state index in [1.54, 1.807) is 0 Å². The minimum absolute atomic E-state index is 0.947.